The molecule has 0 aromatic heterocycles. The van der Waals surface area contributed by atoms with Gasteiger partial charge in [-0.3, -0.25) is 15.0 Å². The van der Waals surface area contributed by atoms with Crippen LogP contribution in [0.25, 0.3) is 0 Å². The van der Waals surface area contributed by atoms with E-state index < -0.39 is 0 Å². The molecule has 2 rings (SSSR count). The first-order valence-electron chi connectivity index (χ1n) is 9.29. The van der Waals surface area contributed by atoms with Gasteiger partial charge >= 0.3 is 5.97 Å². The third-order valence-corrected chi connectivity index (χ3v) is 5.05. The van der Waals surface area contributed by atoms with Crippen molar-refractivity contribution in [3.63, 3.8) is 0 Å². The van der Waals surface area contributed by atoms with Gasteiger partial charge in [-0.15, -0.1) is 0 Å². The molecule has 0 radical (unpaired) electrons. The van der Waals surface area contributed by atoms with E-state index in [4.69, 9.17) is 15.9 Å². The molecule has 1 saturated heterocycles. The Labute approximate surface area is 155 Å². The predicted molar refractivity (Wildman–Crippen MR) is 102 cm³/mol. The molecule has 0 unspecified atom stereocenters. The van der Waals surface area contributed by atoms with E-state index in [0.717, 1.165) is 37.8 Å². The fourth-order valence-corrected chi connectivity index (χ4v) is 3.39. The van der Waals surface area contributed by atoms with Gasteiger partial charge in [-0.2, -0.15) is 0 Å². The zero-order valence-electron chi connectivity index (χ0n) is 15.7. The Morgan fingerprint density at radius 1 is 1.27 bits per heavy atom. The number of nitrogen functional groups attached to an aromatic ring is 1. The van der Waals surface area contributed by atoms with Gasteiger partial charge in [-0.25, -0.2) is 0 Å². The number of anilines is 1. The number of ether oxygens (including phenoxy) is 1. The van der Waals surface area contributed by atoms with E-state index in [1.54, 1.807) is 12.1 Å². The number of unbranched alkanes of at least 4 members (excludes halogenated alkanes) is 2. The quantitative estimate of drug-likeness (QED) is 0.306. The molecule has 26 heavy (non-hydrogen) atoms. The Morgan fingerprint density at radius 2 is 1.96 bits per heavy atom. The fourth-order valence-electron chi connectivity index (χ4n) is 3.39. The number of carbonyl (C=O) groups is 2. The fraction of sp³-hybridized carbons (Fsp3) is 0.550. The molecule has 142 valence electrons. The van der Waals surface area contributed by atoms with E-state index in [-0.39, 0.29) is 23.1 Å². The summed E-state index contributed by atoms with van der Waals surface area (Å²) in [7, 11) is 0. The van der Waals surface area contributed by atoms with Crippen molar-refractivity contribution >= 4 is 23.4 Å². The lowest BCUT2D eigenvalue weighted by Crippen LogP contribution is -2.32. The number of amides is 1. The van der Waals surface area contributed by atoms with E-state index in [0.29, 0.717) is 25.1 Å². The first-order valence-corrected chi connectivity index (χ1v) is 9.29. The highest BCUT2D eigenvalue weighted by atomic mass is 16.5. The number of hydrogen-bond acceptors (Lipinski definition) is 4. The van der Waals surface area contributed by atoms with E-state index in [2.05, 4.69) is 0 Å². The highest BCUT2D eigenvalue weighted by Gasteiger charge is 2.42. The first-order chi connectivity index (χ1) is 12.4. The maximum absolute atomic E-state index is 12.9. The van der Waals surface area contributed by atoms with Crippen LogP contribution in [-0.2, 0) is 14.3 Å². The normalized spacial score (nSPS) is 19.6. The molecule has 1 fully saturated rings. The molecular weight excluding hydrogens is 330 g/mol. The molecule has 1 heterocycles. The standard InChI is InChI=1S/C20H29N3O3/c1-3-26-17(24)7-5-4-6-12-20(2)13-14-23(19(20)25)16-10-8-15(9-11-16)18(21)22/h8-11H,3-7,12-14H2,1-2H3,(H3,21,22)/t20-/m0/s1. The average molecular weight is 359 g/mol. The summed E-state index contributed by atoms with van der Waals surface area (Å²) in [5.41, 5.74) is 6.64. The zero-order chi connectivity index (χ0) is 19.2. The third kappa shape index (κ3) is 4.84. The lowest BCUT2D eigenvalue weighted by atomic mass is 9.83. The van der Waals surface area contributed by atoms with Crippen molar-refractivity contribution in [2.75, 3.05) is 18.1 Å². The van der Waals surface area contributed by atoms with Crippen LogP contribution in [-0.4, -0.2) is 30.9 Å². The van der Waals surface area contributed by atoms with Gasteiger partial charge in [0.15, 0.2) is 0 Å². The van der Waals surface area contributed by atoms with Crippen molar-refractivity contribution in [1.29, 1.82) is 5.41 Å². The average Bonchev–Trinajstić information content (AvgIpc) is 2.90. The maximum atomic E-state index is 12.9. The summed E-state index contributed by atoms with van der Waals surface area (Å²) in [4.78, 5) is 26.0. The van der Waals surface area contributed by atoms with Gasteiger partial charge < -0.3 is 15.4 Å². The second kappa shape index (κ2) is 8.83. The van der Waals surface area contributed by atoms with Crippen LogP contribution in [0.4, 0.5) is 5.69 Å². The number of rotatable bonds is 9. The summed E-state index contributed by atoms with van der Waals surface area (Å²) in [5, 5.41) is 7.45. The molecular formula is C20H29N3O3. The van der Waals surface area contributed by atoms with E-state index in [1.165, 1.54) is 0 Å². The van der Waals surface area contributed by atoms with Crippen LogP contribution in [0.5, 0.6) is 0 Å². The van der Waals surface area contributed by atoms with Crippen LogP contribution < -0.4 is 10.6 Å². The number of hydrogen-bond donors (Lipinski definition) is 2. The smallest absolute Gasteiger partial charge is 0.305 e. The summed E-state index contributed by atoms with van der Waals surface area (Å²) in [6.07, 6.45) is 4.77. The van der Waals surface area contributed by atoms with Gasteiger partial charge in [-0.05, 0) is 50.5 Å². The number of nitrogens with two attached hydrogens (primary N) is 1. The summed E-state index contributed by atoms with van der Waals surface area (Å²) in [5.74, 6) is 0.0336. The minimum Gasteiger partial charge on any atom is -0.466 e. The number of carbonyl (C=O) groups excluding carboxylic acids is 2. The van der Waals surface area contributed by atoms with E-state index in [1.807, 2.05) is 30.9 Å². The topological polar surface area (TPSA) is 96.5 Å². The van der Waals surface area contributed by atoms with Gasteiger partial charge in [0.2, 0.25) is 5.91 Å². The molecule has 1 aromatic carbocycles. The van der Waals surface area contributed by atoms with Crippen molar-refractivity contribution in [1.82, 2.24) is 0 Å². The predicted octanol–water partition coefficient (Wildman–Crippen LogP) is 3.23. The minimum absolute atomic E-state index is 0.0250. The molecule has 1 atom stereocenters. The Balaban J connectivity index is 1.84. The van der Waals surface area contributed by atoms with Crippen LogP contribution in [0.1, 0.15) is 57.9 Å². The molecule has 6 heteroatoms. The van der Waals surface area contributed by atoms with Crippen LogP contribution in [0, 0.1) is 10.8 Å². The Bertz CT molecular complexity index is 657. The molecule has 6 nitrogen and oxygen atoms in total. The summed E-state index contributed by atoms with van der Waals surface area (Å²) in [6.45, 7) is 4.97. The second-order valence-corrected chi connectivity index (χ2v) is 7.09. The highest BCUT2D eigenvalue weighted by molar-refractivity contribution is 6.00. The molecule has 1 aliphatic rings. The molecule has 0 spiro atoms. The van der Waals surface area contributed by atoms with Gasteiger partial charge in [0.05, 0.1) is 6.61 Å². The minimum atomic E-state index is -0.344. The van der Waals surface area contributed by atoms with Crippen molar-refractivity contribution in [3.8, 4) is 0 Å². The summed E-state index contributed by atoms with van der Waals surface area (Å²) < 4.78 is 4.92. The molecule has 3 N–H and O–H groups in total. The van der Waals surface area contributed by atoms with E-state index >= 15 is 0 Å². The summed E-state index contributed by atoms with van der Waals surface area (Å²) >= 11 is 0. The number of esters is 1. The molecule has 0 aliphatic carbocycles. The largest absolute Gasteiger partial charge is 0.466 e. The Hall–Kier alpha value is -2.37. The van der Waals surface area contributed by atoms with Crippen LogP contribution >= 0.6 is 0 Å². The molecule has 0 saturated carbocycles. The molecule has 0 bridgehead atoms. The van der Waals surface area contributed by atoms with Gasteiger partial charge in [0.1, 0.15) is 5.84 Å². The maximum Gasteiger partial charge on any atom is 0.305 e. The summed E-state index contributed by atoms with van der Waals surface area (Å²) in [6, 6.07) is 7.24. The van der Waals surface area contributed by atoms with Crippen LogP contribution in [0.3, 0.4) is 0 Å². The second-order valence-electron chi connectivity index (χ2n) is 7.09. The number of benzene rings is 1. The Kier molecular flexibility index (Phi) is 6.77. The van der Waals surface area contributed by atoms with E-state index in [9.17, 15) is 9.59 Å². The number of amidine groups is 1. The number of nitrogens with one attached hydrogen (secondary N) is 1. The lowest BCUT2D eigenvalue weighted by molar-refractivity contribution is -0.143. The third-order valence-electron chi connectivity index (χ3n) is 5.05. The van der Waals surface area contributed by atoms with Crippen LogP contribution in [0.15, 0.2) is 24.3 Å². The van der Waals surface area contributed by atoms with Crippen molar-refractivity contribution < 1.29 is 14.3 Å². The van der Waals surface area contributed by atoms with Gasteiger partial charge in [0, 0.05) is 29.6 Å². The monoisotopic (exact) mass is 359 g/mol. The first kappa shape index (κ1) is 19.9. The molecule has 1 aliphatic heterocycles. The van der Waals surface area contributed by atoms with Gasteiger partial charge in [-0.1, -0.05) is 19.8 Å². The lowest BCUT2D eigenvalue weighted by Gasteiger charge is -2.23. The highest BCUT2D eigenvalue weighted by Crippen LogP contribution is 2.38. The van der Waals surface area contributed by atoms with Crippen molar-refractivity contribution in [2.24, 2.45) is 11.1 Å². The molecule has 1 aromatic rings. The van der Waals surface area contributed by atoms with Crippen molar-refractivity contribution in [2.45, 2.75) is 52.4 Å². The van der Waals surface area contributed by atoms with Gasteiger partial charge in [0.25, 0.3) is 0 Å². The Morgan fingerprint density at radius 3 is 2.58 bits per heavy atom. The SMILES string of the molecule is CCOC(=O)CCCCC[C@@]1(C)CCN(c2ccc(C(=N)N)cc2)C1=O. The number of nitrogens with zero attached hydrogens (tertiary/aromatic N) is 1. The van der Waals surface area contributed by atoms with Crippen molar-refractivity contribution in [3.05, 3.63) is 29.8 Å². The van der Waals surface area contributed by atoms with Crippen LogP contribution in [0.2, 0.25) is 0 Å². The molecule has 1 amide bonds. The zero-order valence-corrected chi connectivity index (χ0v) is 15.7.